The molecule has 0 spiro atoms. The van der Waals surface area contributed by atoms with Crippen LogP contribution in [-0.2, 0) is 13.2 Å². The van der Waals surface area contributed by atoms with Gasteiger partial charge in [0.25, 0.3) is 0 Å². The monoisotopic (exact) mass is 333 g/mol. The lowest BCUT2D eigenvalue weighted by molar-refractivity contribution is 0.304. The first-order valence-corrected chi connectivity index (χ1v) is 7.66. The Hall–Kier alpha value is -1.32. The van der Waals surface area contributed by atoms with Gasteiger partial charge in [-0.3, -0.25) is 0 Å². The van der Waals surface area contributed by atoms with E-state index in [9.17, 15) is 0 Å². The number of ether oxygens (including phenoxy) is 1. The summed E-state index contributed by atoms with van der Waals surface area (Å²) < 4.78 is 6.87. The lowest BCUT2D eigenvalue weighted by Gasteiger charge is -2.10. The summed E-state index contributed by atoms with van der Waals surface area (Å²) in [6, 6.07) is 14.6. The Balaban J connectivity index is 1.99. The second kappa shape index (κ2) is 7.46. The van der Waals surface area contributed by atoms with Crippen LogP contribution >= 0.6 is 15.9 Å². The van der Waals surface area contributed by atoms with Crippen molar-refractivity contribution in [3.63, 3.8) is 0 Å². The summed E-state index contributed by atoms with van der Waals surface area (Å²) in [4.78, 5) is 0. The average molecular weight is 334 g/mol. The summed E-state index contributed by atoms with van der Waals surface area (Å²) in [5.74, 6) is 0.881. The van der Waals surface area contributed by atoms with Crippen LogP contribution in [0.25, 0.3) is 0 Å². The van der Waals surface area contributed by atoms with E-state index >= 15 is 0 Å². The predicted molar refractivity (Wildman–Crippen MR) is 87.0 cm³/mol. The van der Waals surface area contributed by atoms with Crippen LogP contribution in [0, 0.1) is 6.92 Å². The van der Waals surface area contributed by atoms with E-state index < -0.39 is 0 Å². The number of halogens is 1. The van der Waals surface area contributed by atoms with Crippen molar-refractivity contribution in [2.75, 3.05) is 6.54 Å². The van der Waals surface area contributed by atoms with Gasteiger partial charge < -0.3 is 10.1 Å². The molecule has 0 bridgehead atoms. The van der Waals surface area contributed by atoms with E-state index in [2.05, 4.69) is 71.5 Å². The van der Waals surface area contributed by atoms with Crippen molar-refractivity contribution in [2.24, 2.45) is 0 Å². The Kier molecular flexibility index (Phi) is 5.62. The molecule has 0 saturated carbocycles. The fourth-order valence-corrected chi connectivity index (χ4v) is 2.54. The van der Waals surface area contributed by atoms with Crippen LogP contribution < -0.4 is 10.1 Å². The highest BCUT2D eigenvalue weighted by atomic mass is 79.9. The summed E-state index contributed by atoms with van der Waals surface area (Å²) in [5, 5.41) is 3.31. The van der Waals surface area contributed by atoms with Crippen LogP contribution in [0.3, 0.4) is 0 Å². The van der Waals surface area contributed by atoms with Gasteiger partial charge in [0.2, 0.25) is 0 Å². The van der Waals surface area contributed by atoms with Gasteiger partial charge in [0, 0.05) is 6.54 Å². The zero-order valence-electron chi connectivity index (χ0n) is 11.9. The van der Waals surface area contributed by atoms with Crippen molar-refractivity contribution in [3.05, 3.63) is 63.6 Å². The molecule has 0 amide bonds. The van der Waals surface area contributed by atoms with E-state index in [4.69, 9.17) is 4.74 Å². The van der Waals surface area contributed by atoms with Crippen LogP contribution in [0.1, 0.15) is 23.6 Å². The first kappa shape index (κ1) is 15.1. The third-order valence-corrected chi connectivity index (χ3v) is 3.67. The minimum atomic E-state index is 0.590. The van der Waals surface area contributed by atoms with Crippen molar-refractivity contribution in [1.82, 2.24) is 5.32 Å². The quantitative estimate of drug-likeness (QED) is 0.843. The van der Waals surface area contributed by atoms with E-state index in [-0.39, 0.29) is 0 Å². The molecule has 0 saturated heterocycles. The van der Waals surface area contributed by atoms with Crippen molar-refractivity contribution in [3.8, 4) is 5.75 Å². The lowest BCUT2D eigenvalue weighted by atomic mass is 10.1. The smallest absolute Gasteiger partial charge is 0.134 e. The number of nitrogens with one attached hydrogen (secondary N) is 1. The molecular weight excluding hydrogens is 314 g/mol. The lowest BCUT2D eigenvalue weighted by Crippen LogP contribution is -2.11. The number of hydrogen-bond acceptors (Lipinski definition) is 2. The number of hydrogen-bond donors (Lipinski definition) is 1. The molecule has 0 aliphatic carbocycles. The van der Waals surface area contributed by atoms with Gasteiger partial charge in [-0.05, 0) is 52.7 Å². The molecule has 2 aromatic carbocycles. The maximum atomic E-state index is 5.87. The van der Waals surface area contributed by atoms with Crippen LogP contribution in [-0.4, -0.2) is 6.54 Å². The summed E-state index contributed by atoms with van der Waals surface area (Å²) >= 11 is 3.57. The Bertz CT molecular complexity index is 569. The van der Waals surface area contributed by atoms with Gasteiger partial charge in [0.1, 0.15) is 12.4 Å². The fourth-order valence-electron chi connectivity index (χ4n) is 2.00. The number of benzene rings is 2. The van der Waals surface area contributed by atoms with Crippen LogP contribution in [0.5, 0.6) is 5.75 Å². The standard InChI is InChI=1S/C17H20BrNO/c1-3-19-11-14-7-8-17(16(18)10-14)20-12-15-6-4-5-13(2)9-15/h4-10,19H,3,11-12H2,1-2H3. The maximum absolute atomic E-state index is 5.87. The molecule has 20 heavy (non-hydrogen) atoms. The zero-order chi connectivity index (χ0) is 14.4. The van der Waals surface area contributed by atoms with Gasteiger partial charge in [0.15, 0.2) is 0 Å². The number of rotatable bonds is 6. The van der Waals surface area contributed by atoms with E-state index in [0.29, 0.717) is 6.61 Å². The van der Waals surface area contributed by atoms with Gasteiger partial charge in [-0.15, -0.1) is 0 Å². The minimum absolute atomic E-state index is 0.590. The molecule has 3 heteroatoms. The molecule has 0 heterocycles. The van der Waals surface area contributed by atoms with Gasteiger partial charge in [-0.25, -0.2) is 0 Å². The summed E-state index contributed by atoms with van der Waals surface area (Å²) in [7, 11) is 0. The molecule has 0 aliphatic rings. The van der Waals surface area contributed by atoms with E-state index in [1.165, 1.54) is 16.7 Å². The van der Waals surface area contributed by atoms with E-state index in [0.717, 1.165) is 23.3 Å². The average Bonchev–Trinajstić information content (AvgIpc) is 2.44. The van der Waals surface area contributed by atoms with Crippen molar-refractivity contribution < 1.29 is 4.74 Å². The van der Waals surface area contributed by atoms with Gasteiger partial charge in [0.05, 0.1) is 4.47 Å². The SMILES string of the molecule is CCNCc1ccc(OCc2cccc(C)c2)c(Br)c1. The molecule has 0 aromatic heterocycles. The summed E-state index contributed by atoms with van der Waals surface area (Å²) in [6.45, 7) is 6.65. The van der Waals surface area contributed by atoms with Crippen LogP contribution in [0.2, 0.25) is 0 Å². The molecule has 0 atom stereocenters. The van der Waals surface area contributed by atoms with Crippen molar-refractivity contribution >= 4 is 15.9 Å². The van der Waals surface area contributed by atoms with E-state index in [1.54, 1.807) is 0 Å². The first-order valence-electron chi connectivity index (χ1n) is 6.86. The normalized spacial score (nSPS) is 10.6. The van der Waals surface area contributed by atoms with Crippen LogP contribution in [0.15, 0.2) is 46.9 Å². The van der Waals surface area contributed by atoms with Gasteiger partial charge >= 0.3 is 0 Å². The molecule has 2 rings (SSSR count). The molecule has 2 aromatic rings. The molecule has 106 valence electrons. The van der Waals surface area contributed by atoms with Crippen molar-refractivity contribution in [2.45, 2.75) is 27.0 Å². The molecule has 0 unspecified atom stereocenters. The highest BCUT2D eigenvalue weighted by Gasteiger charge is 2.03. The number of aryl methyl sites for hydroxylation is 1. The third-order valence-electron chi connectivity index (χ3n) is 3.05. The zero-order valence-corrected chi connectivity index (χ0v) is 13.5. The highest BCUT2D eigenvalue weighted by Crippen LogP contribution is 2.26. The maximum Gasteiger partial charge on any atom is 0.134 e. The Morgan fingerprint density at radius 1 is 1.10 bits per heavy atom. The summed E-state index contributed by atoms with van der Waals surface area (Å²) in [5.41, 5.74) is 3.70. The Labute approximate surface area is 129 Å². The molecule has 1 N–H and O–H groups in total. The fraction of sp³-hybridized carbons (Fsp3) is 0.294. The minimum Gasteiger partial charge on any atom is -0.488 e. The van der Waals surface area contributed by atoms with Crippen LogP contribution in [0.4, 0.5) is 0 Å². The Morgan fingerprint density at radius 2 is 1.95 bits per heavy atom. The summed E-state index contributed by atoms with van der Waals surface area (Å²) in [6.07, 6.45) is 0. The van der Waals surface area contributed by atoms with Gasteiger partial charge in [-0.2, -0.15) is 0 Å². The molecule has 0 radical (unpaired) electrons. The molecule has 0 fully saturated rings. The first-order chi connectivity index (χ1) is 9.69. The molecule has 2 nitrogen and oxygen atoms in total. The topological polar surface area (TPSA) is 21.3 Å². The third kappa shape index (κ3) is 4.36. The van der Waals surface area contributed by atoms with Crippen molar-refractivity contribution in [1.29, 1.82) is 0 Å². The Morgan fingerprint density at radius 3 is 2.65 bits per heavy atom. The largest absolute Gasteiger partial charge is 0.488 e. The highest BCUT2D eigenvalue weighted by molar-refractivity contribution is 9.10. The molecule has 0 aliphatic heterocycles. The van der Waals surface area contributed by atoms with E-state index in [1.807, 2.05) is 6.07 Å². The van der Waals surface area contributed by atoms with Gasteiger partial charge in [-0.1, -0.05) is 42.8 Å². The predicted octanol–water partition coefficient (Wildman–Crippen LogP) is 4.45. The second-order valence-corrected chi connectivity index (χ2v) is 5.68. The second-order valence-electron chi connectivity index (χ2n) is 4.82. The molecular formula is C17H20BrNO.